The number of carbonyl (C=O) groups excluding carboxylic acids is 3. The molecule has 0 atom stereocenters. The molecule has 0 spiro atoms. The van der Waals surface area contributed by atoms with Crippen LogP contribution < -0.4 is 15.4 Å². The number of methoxy groups -OCH3 is 1. The molecule has 2 amide bonds. The number of anilines is 2. The number of rotatable bonds is 9. The van der Waals surface area contributed by atoms with Gasteiger partial charge in [-0.1, -0.05) is 36.4 Å². The zero-order chi connectivity index (χ0) is 24.5. The second-order valence-electron chi connectivity index (χ2n) is 7.88. The minimum Gasteiger partial charge on any atom is -0.497 e. The van der Waals surface area contributed by atoms with Gasteiger partial charge in [0.2, 0.25) is 5.91 Å². The van der Waals surface area contributed by atoms with Gasteiger partial charge in [0.25, 0.3) is 5.91 Å². The molecule has 34 heavy (non-hydrogen) atoms. The predicted molar refractivity (Wildman–Crippen MR) is 131 cm³/mol. The van der Waals surface area contributed by atoms with Gasteiger partial charge in [-0.2, -0.15) is 0 Å². The van der Waals surface area contributed by atoms with Crippen LogP contribution in [0.4, 0.5) is 11.4 Å². The summed E-state index contributed by atoms with van der Waals surface area (Å²) in [5.74, 6) is -0.614. The first kappa shape index (κ1) is 24.5. The van der Waals surface area contributed by atoms with Crippen LogP contribution in [0.2, 0.25) is 0 Å². The molecule has 0 bridgehead atoms. The highest BCUT2D eigenvalue weighted by molar-refractivity contribution is 6.02. The summed E-state index contributed by atoms with van der Waals surface area (Å²) >= 11 is 0. The average Bonchev–Trinajstić information content (AvgIpc) is 2.84. The van der Waals surface area contributed by atoms with Gasteiger partial charge in [0.15, 0.2) is 6.61 Å². The highest BCUT2D eigenvalue weighted by Crippen LogP contribution is 2.19. The summed E-state index contributed by atoms with van der Waals surface area (Å²) in [6.45, 7) is 3.37. The Labute approximate surface area is 199 Å². The van der Waals surface area contributed by atoms with E-state index in [-0.39, 0.29) is 17.9 Å². The summed E-state index contributed by atoms with van der Waals surface area (Å²) in [6.07, 6.45) is 0.787. The highest BCUT2D eigenvalue weighted by atomic mass is 16.5. The molecule has 0 saturated carbocycles. The van der Waals surface area contributed by atoms with Crippen molar-refractivity contribution in [2.24, 2.45) is 0 Å². The molecule has 0 heterocycles. The number of benzene rings is 3. The van der Waals surface area contributed by atoms with Crippen LogP contribution in [0.25, 0.3) is 0 Å². The molecule has 0 aliphatic carbocycles. The van der Waals surface area contributed by atoms with Gasteiger partial charge in [0, 0.05) is 12.1 Å². The molecule has 2 N–H and O–H groups in total. The lowest BCUT2D eigenvalue weighted by Crippen LogP contribution is -2.22. The molecule has 7 heteroatoms. The summed E-state index contributed by atoms with van der Waals surface area (Å²) < 4.78 is 10.3. The minimum atomic E-state index is -0.692. The second kappa shape index (κ2) is 11.7. The van der Waals surface area contributed by atoms with Crippen molar-refractivity contribution >= 4 is 29.2 Å². The second-order valence-corrected chi connectivity index (χ2v) is 7.88. The van der Waals surface area contributed by atoms with Crippen LogP contribution >= 0.6 is 0 Å². The normalized spacial score (nSPS) is 10.3. The minimum absolute atomic E-state index is 0.180. The lowest BCUT2D eigenvalue weighted by atomic mass is 10.1. The fraction of sp³-hybridized carbons (Fsp3) is 0.222. The molecule has 0 aromatic heterocycles. The third-order valence-electron chi connectivity index (χ3n) is 5.22. The predicted octanol–water partition coefficient (Wildman–Crippen LogP) is 4.68. The van der Waals surface area contributed by atoms with Gasteiger partial charge in [-0.15, -0.1) is 0 Å². The Balaban J connectivity index is 1.54. The topological polar surface area (TPSA) is 93.7 Å². The summed E-state index contributed by atoms with van der Waals surface area (Å²) in [5, 5.41) is 5.51. The van der Waals surface area contributed by atoms with Crippen molar-refractivity contribution in [2.45, 2.75) is 26.7 Å². The summed E-state index contributed by atoms with van der Waals surface area (Å²) in [5.41, 5.74) is 4.11. The lowest BCUT2D eigenvalue weighted by molar-refractivity contribution is -0.119. The van der Waals surface area contributed by atoms with Crippen molar-refractivity contribution in [3.63, 3.8) is 0 Å². The Morgan fingerprint density at radius 3 is 2.26 bits per heavy atom. The molecule has 0 unspecified atom stereocenters. The first-order valence-electron chi connectivity index (χ1n) is 10.9. The molecule has 0 aliphatic rings. The van der Waals surface area contributed by atoms with E-state index in [1.807, 2.05) is 56.3 Å². The Bertz CT molecular complexity index is 1170. The van der Waals surface area contributed by atoms with E-state index in [0.29, 0.717) is 17.8 Å². The van der Waals surface area contributed by atoms with Crippen LogP contribution in [0.15, 0.2) is 66.7 Å². The van der Waals surface area contributed by atoms with E-state index in [1.165, 1.54) is 0 Å². The van der Waals surface area contributed by atoms with Crippen LogP contribution in [0.1, 0.15) is 33.5 Å². The van der Waals surface area contributed by atoms with E-state index in [0.717, 1.165) is 22.4 Å². The molecule has 3 rings (SSSR count). The number of hydrogen-bond acceptors (Lipinski definition) is 5. The summed E-state index contributed by atoms with van der Waals surface area (Å²) in [7, 11) is 1.60. The largest absolute Gasteiger partial charge is 0.497 e. The number of carbonyl (C=O) groups is 3. The summed E-state index contributed by atoms with van der Waals surface area (Å²) in [6, 6.07) is 19.7. The number of nitrogens with one attached hydrogen (secondary N) is 2. The van der Waals surface area contributed by atoms with E-state index in [9.17, 15) is 14.4 Å². The van der Waals surface area contributed by atoms with E-state index >= 15 is 0 Å². The number of ether oxygens (including phenoxy) is 2. The van der Waals surface area contributed by atoms with Gasteiger partial charge in [0.05, 0.1) is 18.4 Å². The third kappa shape index (κ3) is 6.93. The molecule has 0 saturated heterocycles. The van der Waals surface area contributed by atoms with E-state index < -0.39 is 18.5 Å². The first-order valence-corrected chi connectivity index (χ1v) is 10.9. The zero-order valence-corrected chi connectivity index (χ0v) is 19.5. The SMILES string of the molecule is COc1ccc(CCC(=O)Nc2ccccc2C(=O)OCC(=O)Nc2cc(C)ccc2C)cc1. The Kier molecular flexibility index (Phi) is 8.40. The van der Waals surface area contributed by atoms with E-state index in [1.54, 1.807) is 31.4 Å². The van der Waals surface area contributed by atoms with Crippen molar-refractivity contribution in [3.05, 3.63) is 89.0 Å². The van der Waals surface area contributed by atoms with Crippen LogP contribution in [0.3, 0.4) is 0 Å². The molecule has 0 fully saturated rings. The number of esters is 1. The monoisotopic (exact) mass is 460 g/mol. The maximum Gasteiger partial charge on any atom is 0.340 e. The first-order chi connectivity index (χ1) is 16.4. The summed E-state index contributed by atoms with van der Waals surface area (Å²) in [4.78, 5) is 37.3. The van der Waals surface area contributed by atoms with E-state index in [4.69, 9.17) is 9.47 Å². The van der Waals surface area contributed by atoms with Crippen LogP contribution in [0, 0.1) is 13.8 Å². The molecule has 0 radical (unpaired) electrons. The lowest BCUT2D eigenvalue weighted by Gasteiger charge is -2.12. The maximum atomic E-state index is 12.6. The van der Waals surface area contributed by atoms with Crippen LogP contribution in [-0.2, 0) is 20.7 Å². The van der Waals surface area contributed by atoms with Crippen molar-refractivity contribution in [1.29, 1.82) is 0 Å². The van der Waals surface area contributed by atoms with Gasteiger partial charge in [-0.05, 0) is 67.3 Å². The molecular formula is C27H28N2O5. The van der Waals surface area contributed by atoms with Crippen LogP contribution in [0.5, 0.6) is 5.75 Å². The van der Waals surface area contributed by atoms with Crippen molar-refractivity contribution in [2.75, 3.05) is 24.4 Å². The fourth-order valence-electron chi connectivity index (χ4n) is 3.30. The van der Waals surface area contributed by atoms with Gasteiger partial charge in [-0.25, -0.2) is 4.79 Å². The third-order valence-corrected chi connectivity index (χ3v) is 5.22. The van der Waals surface area contributed by atoms with Crippen molar-refractivity contribution < 1.29 is 23.9 Å². The number of para-hydroxylation sites is 1. The molecule has 7 nitrogen and oxygen atoms in total. The van der Waals surface area contributed by atoms with Gasteiger partial charge in [-0.3, -0.25) is 9.59 Å². The standard InChI is InChI=1S/C27H28N2O5/c1-18-8-9-19(2)24(16-18)29-26(31)17-34-27(32)22-6-4-5-7-23(22)28-25(30)15-12-20-10-13-21(33-3)14-11-20/h4-11,13-14,16H,12,15,17H2,1-3H3,(H,28,30)(H,29,31). The molecule has 0 aliphatic heterocycles. The van der Waals surface area contributed by atoms with Crippen molar-refractivity contribution in [1.82, 2.24) is 0 Å². The Hall–Kier alpha value is -4.13. The number of hydrogen-bond donors (Lipinski definition) is 2. The number of aryl methyl sites for hydroxylation is 3. The van der Waals surface area contributed by atoms with Gasteiger partial charge >= 0.3 is 5.97 Å². The van der Waals surface area contributed by atoms with Gasteiger partial charge < -0.3 is 20.1 Å². The highest BCUT2D eigenvalue weighted by Gasteiger charge is 2.16. The average molecular weight is 461 g/mol. The van der Waals surface area contributed by atoms with Crippen molar-refractivity contribution in [3.8, 4) is 5.75 Å². The quantitative estimate of drug-likeness (QED) is 0.452. The Morgan fingerprint density at radius 2 is 1.53 bits per heavy atom. The molecular weight excluding hydrogens is 432 g/mol. The number of amides is 2. The smallest absolute Gasteiger partial charge is 0.340 e. The van der Waals surface area contributed by atoms with E-state index in [2.05, 4.69) is 10.6 Å². The molecule has 3 aromatic carbocycles. The van der Waals surface area contributed by atoms with Gasteiger partial charge in [0.1, 0.15) is 5.75 Å². The zero-order valence-electron chi connectivity index (χ0n) is 19.5. The maximum absolute atomic E-state index is 12.6. The molecule has 3 aromatic rings. The van der Waals surface area contributed by atoms with Crippen LogP contribution in [-0.4, -0.2) is 31.5 Å². The fourth-order valence-corrected chi connectivity index (χ4v) is 3.30. The Morgan fingerprint density at radius 1 is 0.824 bits per heavy atom. The molecule has 176 valence electrons.